The topological polar surface area (TPSA) is 58.2 Å². The van der Waals surface area contributed by atoms with E-state index in [0.717, 1.165) is 27.9 Å². The van der Waals surface area contributed by atoms with Crippen LogP contribution >= 0.6 is 0 Å². The zero-order valence-electron chi connectivity index (χ0n) is 16.8. The molecule has 0 unspecified atom stereocenters. The fraction of sp³-hybridized carbons (Fsp3) is 0.120. The SMILES string of the molecule is Cc1ccc(/C=C/C(=O)Nc2ccccc2C(=O)Nc2ccc(C)c(C)c2)cc1. The van der Waals surface area contributed by atoms with Crippen LogP contribution < -0.4 is 10.6 Å². The summed E-state index contributed by atoms with van der Waals surface area (Å²) in [7, 11) is 0. The number of para-hydroxylation sites is 1. The third-order valence-electron chi connectivity index (χ3n) is 4.70. The Hall–Kier alpha value is -3.66. The molecule has 0 saturated carbocycles. The van der Waals surface area contributed by atoms with E-state index in [0.29, 0.717) is 11.3 Å². The molecule has 0 aromatic heterocycles. The number of carbonyl (C=O) groups is 2. The Morgan fingerprint density at radius 1 is 0.793 bits per heavy atom. The van der Waals surface area contributed by atoms with Crippen LogP contribution in [0.1, 0.15) is 32.6 Å². The van der Waals surface area contributed by atoms with Gasteiger partial charge in [-0.15, -0.1) is 0 Å². The van der Waals surface area contributed by atoms with Gasteiger partial charge in [0.15, 0.2) is 0 Å². The van der Waals surface area contributed by atoms with Crippen LogP contribution in [0.4, 0.5) is 11.4 Å². The Kier molecular flexibility index (Phi) is 6.25. The lowest BCUT2D eigenvalue weighted by atomic mass is 10.1. The first kappa shape index (κ1) is 20.1. The molecule has 0 fully saturated rings. The number of anilines is 2. The van der Waals surface area contributed by atoms with E-state index in [1.165, 1.54) is 6.08 Å². The molecule has 146 valence electrons. The van der Waals surface area contributed by atoms with E-state index >= 15 is 0 Å². The monoisotopic (exact) mass is 384 g/mol. The maximum absolute atomic E-state index is 12.7. The highest BCUT2D eigenvalue weighted by Crippen LogP contribution is 2.19. The molecule has 0 aliphatic rings. The standard InChI is InChI=1S/C25H24N2O2/c1-17-8-11-20(12-9-17)13-15-24(28)27-23-7-5-4-6-22(23)25(29)26-21-14-10-18(2)19(3)16-21/h4-16H,1-3H3,(H,26,29)(H,27,28)/b15-13+. The summed E-state index contributed by atoms with van der Waals surface area (Å²) in [5.41, 5.74) is 5.96. The average molecular weight is 384 g/mol. The molecule has 0 saturated heterocycles. The van der Waals surface area contributed by atoms with E-state index in [1.54, 1.807) is 30.3 Å². The highest BCUT2D eigenvalue weighted by Gasteiger charge is 2.13. The van der Waals surface area contributed by atoms with Crippen LogP contribution in [0, 0.1) is 20.8 Å². The molecular formula is C25H24N2O2. The van der Waals surface area contributed by atoms with Crippen molar-refractivity contribution in [3.8, 4) is 0 Å². The number of aryl methyl sites for hydroxylation is 3. The minimum Gasteiger partial charge on any atom is -0.322 e. The number of carbonyl (C=O) groups excluding carboxylic acids is 2. The highest BCUT2D eigenvalue weighted by atomic mass is 16.2. The molecule has 0 spiro atoms. The van der Waals surface area contributed by atoms with E-state index < -0.39 is 0 Å². The Morgan fingerprint density at radius 3 is 2.24 bits per heavy atom. The first-order valence-corrected chi connectivity index (χ1v) is 9.46. The quantitative estimate of drug-likeness (QED) is 0.569. The van der Waals surface area contributed by atoms with Gasteiger partial charge in [-0.25, -0.2) is 0 Å². The summed E-state index contributed by atoms with van der Waals surface area (Å²) in [5, 5.41) is 5.69. The predicted molar refractivity (Wildman–Crippen MR) is 119 cm³/mol. The van der Waals surface area contributed by atoms with Gasteiger partial charge in [-0.3, -0.25) is 9.59 Å². The van der Waals surface area contributed by atoms with Crippen LogP contribution in [-0.4, -0.2) is 11.8 Å². The lowest BCUT2D eigenvalue weighted by molar-refractivity contribution is -0.111. The first-order chi connectivity index (χ1) is 13.9. The second-order valence-corrected chi connectivity index (χ2v) is 7.03. The highest BCUT2D eigenvalue weighted by molar-refractivity contribution is 6.11. The van der Waals surface area contributed by atoms with Gasteiger partial charge in [-0.05, 0) is 67.8 Å². The summed E-state index contributed by atoms with van der Waals surface area (Å²) in [6, 6.07) is 20.6. The number of hydrogen-bond acceptors (Lipinski definition) is 2. The molecule has 3 aromatic rings. The number of hydrogen-bond donors (Lipinski definition) is 2. The molecule has 0 atom stereocenters. The van der Waals surface area contributed by atoms with Gasteiger partial charge in [0.1, 0.15) is 0 Å². The van der Waals surface area contributed by atoms with Gasteiger partial charge in [0.2, 0.25) is 5.91 Å². The second-order valence-electron chi connectivity index (χ2n) is 7.03. The van der Waals surface area contributed by atoms with Crippen molar-refractivity contribution in [1.29, 1.82) is 0 Å². The second kappa shape index (κ2) is 9.02. The van der Waals surface area contributed by atoms with Crippen LogP contribution in [0.15, 0.2) is 72.8 Å². The fourth-order valence-electron chi connectivity index (χ4n) is 2.83. The number of nitrogens with one attached hydrogen (secondary N) is 2. The van der Waals surface area contributed by atoms with Gasteiger partial charge < -0.3 is 10.6 Å². The first-order valence-electron chi connectivity index (χ1n) is 9.46. The van der Waals surface area contributed by atoms with Gasteiger partial charge in [-0.1, -0.05) is 48.0 Å². The molecule has 3 rings (SSSR count). The van der Waals surface area contributed by atoms with Crippen molar-refractivity contribution >= 4 is 29.3 Å². The summed E-state index contributed by atoms with van der Waals surface area (Å²) >= 11 is 0. The lowest BCUT2D eigenvalue weighted by Crippen LogP contribution is -2.17. The van der Waals surface area contributed by atoms with Crippen molar-refractivity contribution in [3.05, 3.63) is 101 Å². The lowest BCUT2D eigenvalue weighted by Gasteiger charge is -2.11. The molecule has 4 nitrogen and oxygen atoms in total. The van der Waals surface area contributed by atoms with Gasteiger partial charge >= 0.3 is 0 Å². The minimum absolute atomic E-state index is 0.272. The van der Waals surface area contributed by atoms with E-state index in [-0.39, 0.29) is 11.8 Å². The molecule has 0 bridgehead atoms. The molecule has 4 heteroatoms. The maximum atomic E-state index is 12.7. The van der Waals surface area contributed by atoms with E-state index in [2.05, 4.69) is 10.6 Å². The smallest absolute Gasteiger partial charge is 0.257 e. The van der Waals surface area contributed by atoms with Crippen LogP contribution in [0.3, 0.4) is 0 Å². The Bertz CT molecular complexity index is 1070. The summed E-state index contributed by atoms with van der Waals surface area (Å²) in [4.78, 5) is 25.1. The molecule has 0 heterocycles. The van der Waals surface area contributed by atoms with Crippen LogP contribution in [0.2, 0.25) is 0 Å². The van der Waals surface area contributed by atoms with Crippen LogP contribution in [-0.2, 0) is 4.79 Å². The van der Waals surface area contributed by atoms with Gasteiger partial charge in [0, 0.05) is 11.8 Å². The van der Waals surface area contributed by atoms with Crippen LogP contribution in [0.5, 0.6) is 0 Å². The Balaban J connectivity index is 1.72. The molecule has 0 radical (unpaired) electrons. The number of amides is 2. The van der Waals surface area contributed by atoms with Crippen molar-refractivity contribution in [1.82, 2.24) is 0 Å². The van der Waals surface area contributed by atoms with Gasteiger partial charge in [0.25, 0.3) is 5.91 Å². The molecule has 0 aliphatic carbocycles. The molecular weight excluding hydrogens is 360 g/mol. The van der Waals surface area contributed by atoms with Crippen molar-refractivity contribution in [2.24, 2.45) is 0 Å². The average Bonchev–Trinajstić information content (AvgIpc) is 2.71. The summed E-state index contributed by atoms with van der Waals surface area (Å²) in [6.45, 7) is 6.04. The zero-order valence-corrected chi connectivity index (χ0v) is 16.8. The summed E-state index contributed by atoms with van der Waals surface area (Å²) < 4.78 is 0. The summed E-state index contributed by atoms with van der Waals surface area (Å²) in [6.07, 6.45) is 3.20. The Morgan fingerprint density at radius 2 is 1.52 bits per heavy atom. The van der Waals surface area contributed by atoms with Crippen LogP contribution in [0.25, 0.3) is 6.08 Å². The predicted octanol–water partition coefficient (Wildman–Crippen LogP) is 5.52. The largest absolute Gasteiger partial charge is 0.322 e. The number of rotatable bonds is 5. The minimum atomic E-state index is -0.294. The van der Waals surface area contributed by atoms with E-state index in [9.17, 15) is 9.59 Å². The van der Waals surface area contributed by atoms with Crippen molar-refractivity contribution < 1.29 is 9.59 Å². The molecule has 2 N–H and O–H groups in total. The van der Waals surface area contributed by atoms with Gasteiger partial charge in [-0.2, -0.15) is 0 Å². The fourth-order valence-corrected chi connectivity index (χ4v) is 2.83. The summed E-state index contributed by atoms with van der Waals surface area (Å²) in [5.74, 6) is -0.566. The van der Waals surface area contributed by atoms with E-state index in [4.69, 9.17) is 0 Å². The molecule has 0 aliphatic heterocycles. The van der Waals surface area contributed by atoms with Crippen molar-refractivity contribution in [3.63, 3.8) is 0 Å². The normalized spacial score (nSPS) is 10.7. The van der Waals surface area contributed by atoms with E-state index in [1.807, 2.05) is 63.2 Å². The third-order valence-corrected chi connectivity index (χ3v) is 4.70. The number of benzene rings is 3. The van der Waals surface area contributed by atoms with Gasteiger partial charge in [0.05, 0.1) is 11.3 Å². The maximum Gasteiger partial charge on any atom is 0.257 e. The van der Waals surface area contributed by atoms with Crippen molar-refractivity contribution in [2.45, 2.75) is 20.8 Å². The zero-order chi connectivity index (χ0) is 20.8. The third kappa shape index (κ3) is 5.42. The Labute approximate surface area is 171 Å². The molecule has 3 aromatic carbocycles. The molecule has 2 amide bonds. The molecule has 29 heavy (non-hydrogen) atoms. The van der Waals surface area contributed by atoms with Crippen molar-refractivity contribution in [2.75, 3.05) is 10.6 Å².